The van der Waals surface area contributed by atoms with Crippen LogP contribution in [-0.2, 0) is 22.9 Å². The Labute approximate surface area is 177 Å². The van der Waals surface area contributed by atoms with E-state index in [1.165, 1.54) is 29.7 Å². The lowest BCUT2D eigenvalue weighted by Gasteiger charge is -2.16. The summed E-state index contributed by atoms with van der Waals surface area (Å²) >= 11 is 0. The van der Waals surface area contributed by atoms with Crippen LogP contribution in [0.25, 0.3) is 0 Å². The monoisotopic (exact) mass is 420 g/mol. The Morgan fingerprint density at radius 1 is 0.900 bits per heavy atom. The first-order chi connectivity index (χ1) is 14.4. The summed E-state index contributed by atoms with van der Waals surface area (Å²) in [6.45, 7) is 1.97. The normalized spacial score (nSPS) is 14.0. The van der Waals surface area contributed by atoms with Gasteiger partial charge in [-0.15, -0.1) is 0 Å². The van der Waals surface area contributed by atoms with Crippen LogP contribution in [0.2, 0.25) is 0 Å². The molecular weight excluding hydrogens is 396 g/mol. The highest BCUT2D eigenvalue weighted by molar-refractivity contribution is 7.92. The second-order valence-electron chi connectivity index (χ2n) is 7.57. The van der Waals surface area contributed by atoms with E-state index in [2.05, 4.69) is 28.2 Å². The highest BCUT2D eigenvalue weighted by Gasteiger charge is 2.17. The van der Waals surface area contributed by atoms with Gasteiger partial charge in [0.2, 0.25) is 0 Å². The van der Waals surface area contributed by atoms with Gasteiger partial charge in [0.25, 0.3) is 15.9 Å². The second-order valence-corrected chi connectivity index (χ2v) is 9.26. The van der Waals surface area contributed by atoms with Gasteiger partial charge in [-0.1, -0.05) is 36.4 Å². The zero-order valence-electron chi connectivity index (χ0n) is 16.8. The molecule has 0 radical (unpaired) electrons. The Morgan fingerprint density at radius 3 is 2.33 bits per heavy atom. The fourth-order valence-corrected chi connectivity index (χ4v) is 4.81. The minimum absolute atomic E-state index is 0.111. The zero-order valence-corrected chi connectivity index (χ0v) is 17.6. The molecule has 0 spiro atoms. The Morgan fingerprint density at radius 2 is 1.60 bits per heavy atom. The van der Waals surface area contributed by atoms with E-state index >= 15 is 0 Å². The molecule has 0 bridgehead atoms. The highest BCUT2D eigenvalue weighted by atomic mass is 32.2. The number of nitrogens with one attached hydrogen (secondary N) is 2. The van der Waals surface area contributed by atoms with Crippen LogP contribution in [0.5, 0.6) is 0 Å². The van der Waals surface area contributed by atoms with Crippen molar-refractivity contribution in [1.82, 2.24) is 5.32 Å². The number of rotatable bonds is 6. The van der Waals surface area contributed by atoms with Crippen molar-refractivity contribution in [3.63, 3.8) is 0 Å². The number of carbonyl (C=O) groups excluding carboxylic acids is 1. The Balaban J connectivity index is 1.42. The smallest absolute Gasteiger partial charge is 0.261 e. The lowest BCUT2D eigenvalue weighted by molar-refractivity contribution is 0.0940. The molecule has 1 amide bonds. The number of benzene rings is 3. The van der Waals surface area contributed by atoms with Crippen LogP contribution in [0, 0.1) is 0 Å². The standard InChI is InChI=1S/C24H24N2O3S/c1-17(20-11-10-18-6-5-7-21(18)16-20)25-24(27)19-12-14-22(15-13-19)26-30(28,29)23-8-3-2-4-9-23/h2-4,8-17,26H,5-7H2,1H3,(H,25,27)/t17-/m0/s1. The first kappa shape index (κ1) is 20.2. The fourth-order valence-electron chi connectivity index (χ4n) is 3.73. The van der Waals surface area contributed by atoms with E-state index in [-0.39, 0.29) is 16.8 Å². The quantitative estimate of drug-likeness (QED) is 0.618. The molecule has 0 aliphatic heterocycles. The van der Waals surface area contributed by atoms with Gasteiger partial charge >= 0.3 is 0 Å². The third-order valence-corrected chi connectivity index (χ3v) is 6.82. The van der Waals surface area contributed by atoms with Crippen molar-refractivity contribution in [1.29, 1.82) is 0 Å². The molecular formula is C24H24N2O3S. The summed E-state index contributed by atoms with van der Waals surface area (Å²) in [4.78, 5) is 12.8. The van der Waals surface area contributed by atoms with Gasteiger partial charge in [0, 0.05) is 11.3 Å². The lowest BCUT2D eigenvalue weighted by Crippen LogP contribution is -2.26. The minimum atomic E-state index is -3.66. The predicted octanol–water partition coefficient (Wildman–Crippen LogP) is 4.47. The van der Waals surface area contributed by atoms with Crippen molar-refractivity contribution >= 4 is 21.6 Å². The van der Waals surface area contributed by atoms with E-state index in [1.54, 1.807) is 42.5 Å². The molecule has 0 saturated heterocycles. The summed E-state index contributed by atoms with van der Waals surface area (Å²) in [5.74, 6) is -0.194. The Kier molecular flexibility index (Phi) is 5.59. The molecule has 0 unspecified atom stereocenters. The van der Waals surface area contributed by atoms with E-state index in [9.17, 15) is 13.2 Å². The average Bonchev–Trinajstić information content (AvgIpc) is 3.22. The first-order valence-electron chi connectivity index (χ1n) is 10.0. The summed E-state index contributed by atoms with van der Waals surface area (Å²) in [6.07, 6.45) is 3.43. The SMILES string of the molecule is C[C@H](NC(=O)c1ccc(NS(=O)(=O)c2ccccc2)cc1)c1ccc2c(c1)CCC2. The zero-order chi connectivity index (χ0) is 21.1. The molecule has 154 valence electrons. The van der Waals surface area contributed by atoms with Gasteiger partial charge in [0.05, 0.1) is 10.9 Å². The molecule has 0 fully saturated rings. The number of hydrogen-bond donors (Lipinski definition) is 2. The number of carbonyl (C=O) groups is 1. The lowest BCUT2D eigenvalue weighted by atomic mass is 10.0. The van der Waals surface area contributed by atoms with Crippen LogP contribution in [0.1, 0.15) is 46.4 Å². The highest BCUT2D eigenvalue weighted by Crippen LogP contribution is 2.25. The van der Waals surface area contributed by atoms with Crippen LogP contribution in [0.15, 0.2) is 77.7 Å². The summed E-state index contributed by atoms with van der Waals surface area (Å²) in [5.41, 5.74) is 4.76. The van der Waals surface area contributed by atoms with Crippen molar-refractivity contribution in [3.8, 4) is 0 Å². The van der Waals surface area contributed by atoms with Crippen LogP contribution < -0.4 is 10.0 Å². The maximum Gasteiger partial charge on any atom is 0.261 e. The molecule has 0 aromatic heterocycles. The number of aryl methyl sites for hydroxylation is 2. The topological polar surface area (TPSA) is 75.3 Å². The molecule has 3 aromatic carbocycles. The second kappa shape index (κ2) is 8.32. The number of amides is 1. The number of hydrogen-bond acceptors (Lipinski definition) is 3. The maximum absolute atomic E-state index is 12.6. The number of fused-ring (bicyclic) bond motifs is 1. The molecule has 30 heavy (non-hydrogen) atoms. The molecule has 5 nitrogen and oxygen atoms in total. The van der Waals surface area contributed by atoms with Gasteiger partial charge in [-0.05, 0) is 79.3 Å². The van der Waals surface area contributed by atoms with E-state index in [0.29, 0.717) is 11.3 Å². The first-order valence-corrected chi connectivity index (χ1v) is 11.5. The van der Waals surface area contributed by atoms with Gasteiger partial charge in [-0.3, -0.25) is 9.52 Å². The number of sulfonamides is 1. The third kappa shape index (κ3) is 4.39. The van der Waals surface area contributed by atoms with E-state index < -0.39 is 10.0 Å². The molecule has 1 atom stereocenters. The fraction of sp³-hybridized carbons (Fsp3) is 0.208. The van der Waals surface area contributed by atoms with E-state index in [1.807, 2.05) is 6.92 Å². The van der Waals surface area contributed by atoms with Gasteiger partial charge in [0.15, 0.2) is 0 Å². The van der Waals surface area contributed by atoms with Crippen LogP contribution >= 0.6 is 0 Å². The van der Waals surface area contributed by atoms with Crippen molar-refractivity contribution in [2.75, 3.05) is 4.72 Å². The van der Waals surface area contributed by atoms with Gasteiger partial charge in [0.1, 0.15) is 0 Å². The molecule has 0 saturated carbocycles. The van der Waals surface area contributed by atoms with Gasteiger partial charge in [-0.25, -0.2) is 8.42 Å². The van der Waals surface area contributed by atoms with Crippen molar-refractivity contribution in [2.24, 2.45) is 0 Å². The molecule has 1 aliphatic carbocycles. The summed E-state index contributed by atoms with van der Waals surface area (Å²) in [7, 11) is -3.66. The maximum atomic E-state index is 12.6. The summed E-state index contributed by atoms with van der Waals surface area (Å²) in [6, 6.07) is 20.9. The van der Waals surface area contributed by atoms with Crippen molar-refractivity contribution in [3.05, 3.63) is 95.1 Å². The largest absolute Gasteiger partial charge is 0.346 e. The molecule has 4 rings (SSSR count). The van der Waals surface area contributed by atoms with Crippen molar-refractivity contribution in [2.45, 2.75) is 37.1 Å². The summed E-state index contributed by atoms with van der Waals surface area (Å²) in [5, 5.41) is 3.02. The molecule has 1 aliphatic rings. The predicted molar refractivity (Wildman–Crippen MR) is 118 cm³/mol. The van der Waals surface area contributed by atoms with Gasteiger partial charge in [-0.2, -0.15) is 0 Å². The molecule has 3 aromatic rings. The molecule has 2 N–H and O–H groups in total. The average molecular weight is 421 g/mol. The van der Waals surface area contributed by atoms with Crippen molar-refractivity contribution < 1.29 is 13.2 Å². The third-order valence-electron chi connectivity index (χ3n) is 5.42. The van der Waals surface area contributed by atoms with E-state index in [0.717, 1.165) is 18.4 Å². The minimum Gasteiger partial charge on any atom is -0.346 e. The molecule has 6 heteroatoms. The van der Waals surface area contributed by atoms with Gasteiger partial charge < -0.3 is 5.32 Å². The number of anilines is 1. The van der Waals surface area contributed by atoms with Crippen LogP contribution in [0.4, 0.5) is 5.69 Å². The van der Waals surface area contributed by atoms with Crippen LogP contribution in [-0.4, -0.2) is 14.3 Å². The van der Waals surface area contributed by atoms with E-state index in [4.69, 9.17) is 0 Å². The Bertz CT molecular complexity index is 1160. The van der Waals surface area contributed by atoms with Crippen LogP contribution in [0.3, 0.4) is 0 Å². The Hall–Kier alpha value is -3.12. The molecule has 0 heterocycles. The summed E-state index contributed by atoms with van der Waals surface area (Å²) < 4.78 is 27.4.